The second-order valence-electron chi connectivity index (χ2n) is 12.3. The summed E-state index contributed by atoms with van der Waals surface area (Å²) in [7, 11) is 0. The molecule has 14 heteroatoms. The van der Waals surface area contributed by atoms with Crippen LogP contribution < -0.4 is 0 Å². The Hall–Kier alpha value is -4.12. The van der Waals surface area contributed by atoms with Crippen LogP contribution in [0.5, 0.6) is 0 Å². The van der Waals surface area contributed by atoms with Gasteiger partial charge < -0.3 is 28.4 Å². The van der Waals surface area contributed by atoms with Gasteiger partial charge in [-0.2, -0.15) is 0 Å². The van der Waals surface area contributed by atoms with Crippen molar-refractivity contribution < 1.29 is 47.6 Å². The molecule has 0 N–H and O–H groups in total. The van der Waals surface area contributed by atoms with Crippen LogP contribution in [0.25, 0.3) is 0 Å². The van der Waals surface area contributed by atoms with E-state index in [0.29, 0.717) is 91.4 Å². The quantitative estimate of drug-likeness (QED) is 0.0419. The molecule has 0 bridgehead atoms. The molecule has 300 valence electrons. The molecule has 0 amide bonds. The smallest absolute Gasteiger partial charge is 0.307 e. The van der Waals surface area contributed by atoms with E-state index >= 15 is 0 Å². The van der Waals surface area contributed by atoms with Crippen molar-refractivity contribution in [1.82, 2.24) is 19.6 Å². The highest BCUT2D eigenvalue weighted by atomic mass is 16.5. The number of rotatable bonds is 32. The average molecular weight is 757 g/mol. The first-order valence-corrected chi connectivity index (χ1v) is 18.7. The van der Waals surface area contributed by atoms with Crippen molar-refractivity contribution in [1.29, 1.82) is 0 Å². The maximum Gasteiger partial charge on any atom is 0.307 e. The molecule has 0 spiro atoms. The van der Waals surface area contributed by atoms with Gasteiger partial charge >= 0.3 is 23.9 Å². The lowest BCUT2D eigenvalue weighted by molar-refractivity contribution is -0.145. The lowest BCUT2D eigenvalue weighted by Crippen LogP contribution is -2.48. The Balaban J connectivity index is 2.33. The molecule has 1 aliphatic heterocycles. The molecule has 1 aliphatic rings. The Kier molecular flexibility index (Phi) is 29.7. The zero-order chi connectivity index (χ0) is 39.5. The number of terminal acetylenes is 4. The minimum Gasteiger partial charge on any atom is -0.465 e. The largest absolute Gasteiger partial charge is 0.465 e. The second-order valence-corrected chi connectivity index (χ2v) is 12.3. The molecule has 0 aromatic rings. The van der Waals surface area contributed by atoms with Crippen LogP contribution in [0.2, 0.25) is 0 Å². The van der Waals surface area contributed by atoms with E-state index < -0.39 is 0 Å². The third-order valence-corrected chi connectivity index (χ3v) is 8.24. The molecule has 1 fully saturated rings. The van der Waals surface area contributed by atoms with Gasteiger partial charge in [0.25, 0.3) is 0 Å². The molecule has 1 rings (SSSR count). The first-order valence-electron chi connectivity index (χ1n) is 18.7. The van der Waals surface area contributed by atoms with Gasteiger partial charge in [-0.1, -0.05) is 0 Å². The van der Waals surface area contributed by atoms with Crippen LogP contribution in [0.4, 0.5) is 0 Å². The molecular weight excluding hydrogens is 696 g/mol. The summed E-state index contributed by atoms with van der Waals surface area (Å²) in [5, 5.41) is 0. The highest BCUT2D eigenvalue weighted by Crippen LogP contribution is 2.04. The minimum absolute atomic E-state index is 0.184. The Bertz CT molecular complexity index is 1060. The highest BCUT2D eigenvalue weighted by molar-refractivity contribution is 5.71. The highest BCUT2D eigenvalue weighted by Gasteiger charge is 2.18. The minimum atomic E-state index is -0.335. The fourth-order valence-electron chi connectivity index (χ4n) is 5.07. The van der Waals surface area contributed by atoms with E-state index in [2.05, 4.69) is 33.5 Å². The molecule has 0 aliphatic carbocycles. The Morgan fingerprint density at radius 2 is 0.704 bits per heavy atom. The molecule has 0 aromatic carbocycles. The number of esters is 4. The topological polar surface area (TPSA) is 137 Å². The Morgan fingerprint density at radius 3 is 0.963 bits per heavy atom. The summed E-state index contributed by atoms with van der Waals surface area (Å²) in [6.45, 7) is 10.9. The standard InChI is InChI=1S/C40H60N4O10/c1-5-9-29-51-37(45)13-17-41(18-14-38(46)52-30-10-6-2)25-33-49-35-27-43-21-23-44(24-22-43)28-36-50-34-26-42(19-15-39(47)53-31-11-7-3)20-16-40(48)54-32-12-8-4/h1-4H,9-36H2. The van der Waals surface area contributed by atoms with Crippen LogP contribution in [0.3, 0.4) is 0 Å². The maximum atomic E-state index is 12.1. The summed E-state index contributed by atoms with van der Waals surface area (Å²) < 4.78 is 32.4. The summed E-state index contributed by atoms with van der Waals surface area (Å²) >= 11 is 0. The second kappa shape index (κ2) is 33.4. The fraction of sp³-hybridized carbons (Fsp3) is 0.700. The Morgan fingerprint density at radius 1 is 0.426 bits per heavy atom. The van der Waals surface area contributed by atoms with Gasteiger partial charge in [0.1, 0.15) is 26.4 Å². The summed E-state index contributed by atoms with van der Waals surface area (Å²) in [4.78, 5) is 56.9. The Labute approximate surface area is 322 Å². The predicted octanol–water partition coefficient (Wildman–Crippen LogP) is 1.07. The lowest BCUT2D eigenvalue weighted by atomic mass is 10.3. The number of piperazine rings is 1. The normalized spacial score (nSPS) is 13.0. The van der Waals surface area contributed by atoms with Crippen molar-refractivity contribution in [3.63, 3.8) is 0 Å². The summed E-state index contributed by atoms with van der Waals surface area (Å²) in [6.07, 6.45) is 23.0. The SMILES string of the molecule is C#CCCOC(=O)CCN(CCOCCN1CCN(CCOCCN(CCC(=O)OCCC#C)CCC(=O)OCCC#C)CC1)CCC(=O)OCCC#C. The molecule has 14 nitrogen and oxygen atoms in total. The molecule has 0 unspecified atom stereocenters. The van der Waals surface area contributed by atoms with Crippen LogP contribution >= 0.6 is 0 Å². The number of carbonyl (C=O) groups is 4. The van der Waals surface area contributed by atoms with E-state index in [4.69, 9.17) is 54.1 Å². The fourth-order valence-corrected chi connectivity index (χ4v) is 5.07. The van der Waals surface area contributed by atoms with Gasteiger partial charge in [-0.15, -0.1) is 49.4 Å². The van der Waals surface area contributed by atoms with E-state index in [9.17, 15) is 19.2 Å². The van der Waals surface area contributed by atoms with Crippen molar-refractivity contribution in [2.75, 3.05) is 131 Å². The molecule has 1 heterocycles. The number of carbonyl (C=O) groups excluding carboxylic acids is 4. The number of hydrogen-bond donors (Lipinski definition) is 0. The molecular formula is C40H60N4O10. The monoisotopic (exact) mass is 756 g/mol. The summed E-state index contributed by atoms with van der Waals surface area (Å²) in [5.74, 6) is 8.41. The van der Waals surface area contributed by atoms with Crippen LogP contribution in [-0.2, 0) is 47.6 Å². The number of nitrogens with zero attached hydrogens (tertiary/aromatic N) is 4. The molecule has 0 atom stereocenters. The molecule has 0 radical (unpaired) electrons. The van der Waals surface area contributed by atoms with Gasteiger partial charge in [0, 0.05) is 104 Å². The third kappa shape index (κ3) is 27.5. The number of ether oxygens (including phenoxy) is 6. The zero-order valence-electron chi connectivity index (χ0n) is 32.0. The van der Waals surface area contributed by atoms with E-state index in [1.807, 2.05) is 9.80 Å². The first kappa shape index (κ1) is 47.9. The van der Waals surface area contributed by atoms with Crippen LogP contribution in [0, 0.1) is 49.4 Å². The van der Waals surface area contributed by atoms with E-state index in [-0.39, 0.29) is 76.0 Å². The van der Waals surface area contributed by atoms with Gasteiger partial charge in [0.05, 0.1) is 52.1 Å². The van der Waals surface area contributed by atoms with Crippen molar-refractivity contribution >= 4 is 23.9 Å². The third-order valence-electron chi connectivity index (χ3n) is 8.24. The zero-order valence-corrected chi connectivity index (χ0v) is 32.0. The predicted molar refractivity (Wildman–Crippen MR) is 204 cm³/mol. The molecule has 0 saturated carbocycles. The van der Waals surface area contributed by atoms with E-state index in [0.717, 1.165) is 39.3 Å². The molecule has 1 saturated heterocycles. The van der Waals surface area contributed by atoms with Crippen LogP contribution in [0.15, 0.2) is 0 Å². The van der Waals surface area contributed by atoms with Crippen molar-refractivity contribution in [2.24, 2.45) is 0 Å². The van der Waals surface area contributed by atoms with Crippen molar-refractivity contribution in [2.45, 2.75) is 51.4 Å². The van der Waals surface area contributed by atoms with Gasteiger partial charge in [-0.05, 0) is 0 Å². The van der Waals surface area contributed by atoms with Crippen LogP contribution in [-0.4, -0.2) is 175 Å². The van der Waals surface area contributed by atoms with E-state index in [1.54, 1.807) is 0 Å². The molecule has 54 heavy (non-hydrogen) atoms. The number of hydrogen-bond acceptors (Lipinski definition) is 14. The van der Waals surface area contributed by atoms with Crippen molar-refractivity contribution in [3.05, 3.63) is 0 Å². The van der Waals surface area contributed by atoms with Gasteiger partial charge in [-0.3, -0.25) is 38.8 Å². The van der Waals surface area contributed by atoms with Crippen molar-refractivity contribution in [3.8, 4) is 49.4 Å². The maximum absolute atomic E-state index is 12.1. The first-order chi connectivity index (χ1) is 26.3. The van der Waals surface area contributed by atoms with E-state index in [1.165, 1.54) is 0 Å². The average Bonchev–Trinajstić information content (AvgIpc) is 3.17. The van der Waals surface area contributed by atoms with Gasteiger partial charge in [-0.25, -0.2) is 0 Å². The van der Waals surface area contributed by atoms with Gasteiger partial charge in [0.2, 0.25) is 0 Å². The van der Waals surface area contributed by atoms with Gasteiger partial charge in [0.15, 0.2) is 0 Å². The molecule has 0 aromatic heterocycles. The van der Waals surface area contributed by atoms with Crippen LogP contribution in [0.1, 0.15) is 51.4 Å². The summed E-state index contributed by atoms with van der Waals surface area (Å²) in [6, 6.07) is 0. The lowest BCUT2D eigenvalue weighted by Gasteiger charge is -2.34. The summed E-state index contributed by atoms with van der Waals surface area (Å²) in [5.41, 5.74) is 0.